The van der Waals surface area contributed by atoms with Crippen molar-refractivity contribution in [2.24, 2.45) is 0 Å². The molecule has 34 heavy (non-hydrogen) atoms. The highest BCUT2D eigenvalue weighted by Gasteiger charge is 2.19. The van der Waals surface area contributed by atoms with Crippen LogP contribution in [-0.4, -0.2) is 27.6 Å². The molecule has 0 radical (unpaired) electrons. The minimum absolute atomic E-state index is 0.0650. The third kappa shape index (κ3) is 4.27. The zero-order valence-corrected chi connectivity index (χ0v) is 19.1. The maximum Gasteiger partial charge on any atom is 0.340 e. The quantitative estimate of drug-likeness (QED) is 0.425. The molecule has 4 aromatic rings. The first kappa shape index (κ1) is 23.1. The predicted octanol–water partition coefficient (Wildman–Crippen LogP) is 3.48. The third-order valence-corrected chi connectivity index (χ3v) is 6.06. The molecular formula is C24H20FN3O5S. The van der Waals surface area contributed by atoms with E-state index in [9.17, 15) is 23.6 Å². The van der Waals surface area contributed by atoms with Crippen LogP contribution in [0, 0.1) is 12.7 Å². The number of para-hydroxylation sites is 1. The molecular weight excluding hydrogens is 461 g/mol. The first-order valence-electron chi connectivity index (χ1n) is 10.4. The molecule has 0 aliphatic rings. The van der Waals surface area contributed by atoms with Gasteiger partial charge in [0.15, 0.2) is 0 Å². The van der Waals surface area contributed by atoms with Crippen molar-refractivity contribution < 1.29 is 18.7 Å². The van der Waals surface area contributed by atoms with Crippen LogP contribution in [0.3, 0.4) is 0 Å². The third-order valence-electron chi connectivity index (χ3n) is 5.17. The molecule has 1 amide bonds. The number of aryl methyl sites for hydroxylation is 1. The van der Waals surface area contributed by atoms with Crippen LogP contribution in [0.2, 0.25) is 0 Å². The number of carbonyl (C=O) groups excluding carboxylic acids is 2. The van der Waals surface area contributed by atoms with Gasteiger partial charge in [-0.3, -0.25) is 14.2 Å². The number of halogens is 1. The van der Waals surface area contributed by atoms with Gasteiger partial charge in [0, 0.05) is 0 Å². The molecule has 4 rings (SSSR count). The van der Waals surface area contributed by atoms with E-state index >= 15 is 0 Å². The Bertz CT molecular complexity index is 1540. The number of fused-ring (bicyclic) bond motifs is 1. The van der Waals surface area contributed by atoms with Crippen molar-refractivity contribution >= 4 is 39.1 Å². The van der Waals surface area contributed by atoms with E-state index in [1.165, 1.54) is 18.2 Å². The lowest BCUT2D eigenvalue weighted by Gasteiger charge is -2.14. The fourth-order valence-corrected chi connectivity index (χ4v) is 4.33. The van der Waals surface area contributed by atoms with Crippen LogP contribution in [-0.2, 0) is 16.1 Å². The zero-order valence-electron chi connectivity index (χ0n) is 18.3. The average Bonchev–Trinajstić information content (AvgIpc) is 3.30. The average molecular weight is 482 g/mol. The number of hydrogen-bond acceptors (Lipinski definition) is 6. The number of thiophene rings is 1. The Balaban J connectivity index is 1.75. The first-order chi connectivity index (χ1) is 16.3. The van der Waals surface area contributed by atoms with Crippen molar-refractivity contribution in [1.82, 2.24) is 9.13 Å². The molecule has 0 aliphatic carbocycles. The number of nitrogens with one attached hydrogen (secondary N) is 1. The van der Waals surface area contributed by atoms with Gasteiger partial charge in [-0.2, -0.15) is 0 Å². The van der Waals surface area contributed by atoms with Gasteiger partial charge in [-0.25, -0.2) is 18.5 Å². The van der Waals surface area contributed by atoms with Gasteiger partial charge in [-0.05, 0) is 55.1 Å². The van der Waals surface area contributed by atoms with Crippen LogP contribution in [0.1, 0.15) is 22.8 Å². The van der Waals surface area contributed by atoms with Crippen molar-refractivity contribution in [2.75, 3.05) is 11.9 Å². The first-order valence-corrected chi connectivity index (χ1v) is 11.3. The fraction of sp³-hybridized carbons (Fsp3) is 0.167. The normalized spacial score (nSPS) is 10.9. The summed E-state index contributed by atoms with van der Waals surface area (Å²) in [5.41, 5.74) is -0.252. The van der Waals surface area contributed by atoms with Crippen LogP contribution in [0.5, 0.6) is 0 Å². The van der Waals surface area contributed by atoms with Gasteiger partial charge in [0.25, 0.3) is 5.56 Å². The summed E-state index contributed by atoms with van der Waals surface area (Å²) in [6, 6.07) is 12.0. The number of nitrogens with zero attached hydrogens (tertiary/aromatic N) is 2. The van der Waals surface area contributed by atoms with E-state index in [1.807, 2.05) is 0 Å². The van der Waals surface area contributed by atoms with Gasteiger partial charge in [-0.1, -0.05) is 18.2 Å². The molecule has 0 saturated carbocycles. The highest BCUT2D eigenvalue weighted by atomic mass is 32.1. The zero-order chi connectivity index (χ0) is 24.4. The molecule has 2 heterocycles. The largest absolute Gasteiger partial charge is 0.462 e. The fourth-order valence-electron chi connectivity index (χ4n) is 3.50. The summed E-state index contributed by atoms with van der Waals surface area (Å²) in [7, 11) is 0. The van der Waals surface area contributed by atoms with Gasteiger partial charge in [0.2, 0.25) is 5.91 Å². The number of carbonyl (C=O) groups is 2. The number of amides is 1. The standard InChI is InChI=1S/C24H20FN3O5S/c1-3-33-23(31)16-6-4-5-7-18(16)26-20(29)13-27-19-10-11-34-21(19)22(30)28(24(27)32)15-9-8-14(2)17(25)12-15/h4-12H,3,13H2,1-2H3,(H,26,29). The molecule has 8 nitrogen and oxygen atoms in total. The van der Waals surface area contributed by atoms with Gasteiger partial charge in [0.05, 0.1) is 29.1 Å². The lowest BCUT2D eigenvalue weighted by atomic mass is 10.2. The molecule has 0 atom stereocenters. The Morgan fingerprint density at radius 2 is 1.88 bits per heavy atom. The minimum Gasteiger partial charge on any atom is -0.462 e. The van der Waals surface area contributed by atoms with Crippen LogP contribution >= 0.6 is 11.3 Å². The molecule has 2 aromatic heterocycles. The van der Waals surface area contributed by atoms with E-state index in [4.69, 9.17) is 4.74 Å². The molecule has 0 bridgehead atoms. The second kappa shape index (κ2) is 9.44. The topological polar surface area (TPSA) is 99.4 Å². The summed E-state index contributed by atoms with van der Waals surface area (Å²) in [4.78, 5) is 51.4. The summed E-state index contributed by atoms with van der Waals surface area (Å²) in [6.45, 7) is 2.99. The number of aromatic nitrogens is 2. The van der Waals surface area contributed by atoms with Crippen molar-refractivity contribution in [2.45, 2.75) is 20.4 Å². The molecule has 0 spiro atoms. The summed E-state index contributed by atoms with van der Waals surface area (Å²) in [6.07, 6.45) is 0. The van der Waals surface area contributed by atoms with Crippen molar-refractivity contribution in [3.05, 3.63) is 91.7 Å². The van der Waals surface area contributed by atoms with Crippen LogP contribution in [0.4, 0.5) is 10.1 Å². The second-order valence-corrected chi connectivity index (χ2v) is 8.31. The Labute approximate surface area is 196 Å². The number of rotatable bonds is 6. The van der Waals surface area contributed by atoms with E-state index in [0.29, 0.717) is 5.56 Å². The molecule has 2 aromatic carbocycles. The molecule has 0 aliphatic heterocycles. The Morgan fingerprint density at radius 1 is 1.12 bits per heavy atom. The highest BCUT2D eigenvalue weighted by molar-refractivity contribution is 7.17. The molecule has 0 unspecified atom stereocenters. The SMILES string of the molecule is CCOC(=O)c1ccccc1NC(=O)Cn1c(=O)n(-c2ccc(C)c(F)c2)c(=O)c2sccc21. The highest BCUT2D eigenvalue weighted by Crippen LogP contribution is 2.19. The van der Waals surface area contributed by atoms with Gasteiger partial charge >= 0.3 is 11.7 Å². The second-order valence-electron chi connectivity index (χ2n) is 7.39. The van der Waals surface area contributed by atoms with Crippen LogP contribution in [0.15, 0.2) is 63.5 Å². The van der Waals surface area contributed by atoms with E-state index in [-0.39, 0.29) is 33.8 Å². The summed E-state index contributed by atoms with van der Waals surface area (Å²) in [5.74, 6) is -1.74. The van der Waals surface area contributed by atoms with Gasteiger partial charge in [-0.15, -0.1) is 11.3 Å². The number of ether oxygens (including phenoxy) is 1. The van der Waals surface area contributed by atoms with Crippen molar-refractivity contribution in [3.8, 4) is 5.69 Å². The smallest absolute Gasteiger partial charge is 0.340 e. The van der Waals surface area contributed by atoms with Gasteiger partial charge < -0.3 is 10.1 Å². The van der Waals surface area contributed by atoms with E-state index in [2.05, 4.69) is 5.32 Å². The maximum absolute atomic E-state index is 14.2. The van der Waals surface area contributed by atoms with Gasteiger partial charge in [0.1, 0.15) is 17.1 Å². The maximum atomic E-state index is 14.2. The van der Waals surface area contributed by atoms with Crippen LogP contribution in [0.25, 0.3) is 15.9 Å². The minimum atomic E-state index is -0.784. The van der Waals surface area contributed by atoms with E-state index in [1.54, 1.807) is 43.5 Å². The Hall–Kier alpha value is -4.05. The monoisotopic (exact) mass is 481 g/mol. The Kier molecular flexibility index (Phi) is 6.42. The number of anilines is 1. The number of esters is 1. The molecule has 0 saturated heterocycles. The Morgan fingerprint density at radius 3 is 2.62 bits per heavy atom. The van der Waals surface area contributed by atoms with E-state index < -0.39 is 35.5 Å². The number of benzene rings is 2. The lowest BCUT2D eigenvalue weighted by Crippen LogP contribution is -2.40. The summed E-state index contributed by atoms with van der Waals surface area (Å²) >= 11 is 1.12. The predicted molar refractivity (Wildman–Crippen MR) is 127 cm³/mol. The molecule has 0 fully saturated rings. The molecule has 1 N–H and O–H groups in total. The van der Waals surface area contributed by atoms with Crippen molar-refractivity contribution in [1.29, 1.82) is 0 Å². The van der Waals surface area contributed by atoms with Crippen LogP contribution < -0.4 is 16.6 Å². The molecule has 174 valence electrons. The summed E-state index contributed by atoms with van der Waals surface area (Å²) < 4.78 is 21.4. The molecule has 10 heteroatoms. The number of hydrogen-bond donors (Lipinski definition) is 1. The van der Waals surface area contributed by atoms with Crippen molar-refractivity contribution in [3.63, 3.8) is 0 Å². The summed E-state index contributed by atoms with van der Waals surface area (Å²) in [5, 5.41) is 4.26. The lowest BCUT2D eigenvalue weighted by molar-refractivity contribution is -0.116. The van der Waals surface area contributed by atoms with E-state index in [0.717, 1.165) is 26.5 Å².